The molecule has 1 fully saturated rings. The topological polar surface area (TPSA) is 50.8 Å². The third-order valence-corrected chi connectivity index (χ3v) is 6.19. The lowest BCUT2D eigenvalue weighted by molar-refractivity contribution is -0.118. The number of ether oxygens (including phenoxy) is 2. The van der Waals surface area contributed by atoms with Gasteiger partial charge in [-0.2, -0.15) is 0 Å². The molecule has 5 nitrogen and oxygen atoms in total. The van der Waals surface area contributed by atoms with Crippen LogP contribution in [0.1, 0.15) is 29.3 Å². The van der Waals surface area contributed by atoms with E-state index in [0.717, 1.165) is 24.4 Å². The first-order valence-electron chi connectivity index (χ1n) is 8.78. The first-order chi connectivity index (χ1) is 12.3. The van der Waals surface area contributed by atoms with E-state index in [1.54, 1.807) is 0 Å². The average Bonchev–Trinajstić information content (AvgIpc) is 3.14. The second-order valence-corrected chi connectivity index (χ2v) is 7.92. The molecule has 1 atom stereocenters. The van der Waals surface area contributed by atoms with Gasteiger partial charge in [0.05, 0.1) is 6.54 Å². The molecule has 0 spiro atoms. The summed E-state index contributed by atoms with van der Waals surface area (Å²) in [7, 11) is 0. The molecule has 1 aliphatic carbocycles. The zero-order chi connectivity index (χ0) is 16.8. The monoisotopic (exact) mass is 356 g/mol. The molecule has 1 amide bonds. The largest absolute Gasteiger partial charge is 0.454 e. The minimum atomic E-state index is 0.0307. The third-order valence-electron chi connectivity index (χ3n) is 5.19. The van der Waals surface area contributed by atoms with Crippen molar-refractivity contribution in [1.82, 2.24) is 4.90 Å². The van der Waals surface area contributed by atoms with Gasteiger partial charge in [0, 0.05) is 29.2 Å². The molecule has 6 heteroatoms. The van der Waals surface area contributed by atoms with E-state index in [1.165, 1.54) is 23.3 Å². The van der Waals surface area contributed by atoms with Crippen molar-refractivity contribution in [2.75, 3.05) is 25.2 Å². The normalized spacial score (nSPS) is 21.8. The predicted octanol–water partition coefficient (Wildman–Crippen LogP) is 3.42. The van der Waals surface area contributed by atoms with E-state index in [9.17, 15) is 4.79 Å². The van der Waals surface area contributed by atoms with Gasteiger partial charge >= 0.3 is 0 Å². The van der Waals surface area contributed by atoms with Gasteiger partial charge in [-0.3, -0.25) is 9.69 Å². The number of nitrogens with one attached hydrogen (secondary N) is 1. The van der Waals surface area contributed by atoms with Crippen molar-refractivity contribution in [3.05, 3.63) is 40.1 Å². The fraction of sp³-hybridized carbons (Fsp3) is 0.421. The highest BCUT2D eigenvalue weighted by Gasteiger charge is 2.40. The van der Waals surface area contributed by atoms with Gasteiger partial charge in [-0.25, -0.2) is 0 Å². The summed E-state index contributed by atoms with van der Waals surface area (Å²) in [6.45, 7) is 1.64. The minimum absolute atomic E-state index is 0.0307. The molecule has 3 aliphatic rings. The molecular formula is C19H20N2O3S. The van der Waals surface area contributed by atoms with Crippen molar-refractivity contribution < 1.29 is 14.3 Å². The number of fused-ring (bicyclic) bond motifs is 2. The van der Waals surface area contributed by atoms with Gasteiger partial charge in [-0.15, -0.1) is 11.3 Å². The van der Waals surface area contributed by atoms with Gasteiger partial charge in [-0.1, -0.05) is 0 Å². The molecule has 3 heterocycles. The SMILES string of the molecule is O=C(CN1CCc2sccc2[C@H]1C1CC1)Nc1ccc2c(c1)OCO2. The molecule has 5 rings (SSSR count). The first kappa shape index (κ1) is 15.2. The van der Waals surface area contributed by atoms with Crippen LogP contribution in [-0.2, 0) is 11.2 Å². The maximum absolute atomic E-state index is 12.6. The maximum Gasteiger partial charge on any atom is 0.238 e. The number of amides is 1. The Kier molecular flexibility index (Phi) is 3.68. The fourth-order valence-corrected chi connectivity index (χ4v) is 4.81. The smallest absolute Gasteiger partial charge is 0.238 e. The summed E-state index contributed by atoms with van der Waals surface area (Å²) < 4.78 is 10.7. The number of hydrogen-bond acceptors (Lipinski definition) is 5. The van der Waals surface area contributed by atoms with Crippen LogP contribution in [0, 0.1) is 5.92 Å². The van der Waals surface area contributed by atoms with E-state index in [0.29, 0.717) is 24.3 Å². The Bertz CT molecular complexity index is 815. The number of carbonyl (C=O) groups is 1. The van der Waals surface area contributed by atoms with E-state index in [-0.39, 0.29) is 12.7 Å². The van der Waals surface area contributed by atoms with Crippen LogP contribution in [0.4, 0.5) is 5.69 Å². The Morgan fingerprint density at radius 2 is 2.12 bits per heavy atom. The summed E-state index contributed by atoms with van der Waals surface area (Å²) in [6, 6.07) is 8.19. The van der Waals surface area contributed by atoms with Crippen molar-refractivity contribution in [2.45, 2.75) is 25.3 Å². The Labute approximate surface area is 150 Å². The van der Waals surface area contributed by atoms with Crippen LogP contribution in [0.3, 0.4) is 0 Å². The number of hydrogen-bond donors (Lipinski definition) is 1. The van der Waals surface area contributed by atoms with Crippen molar-refractivity contribution in [1.29, 1.82) is 0 Å². The molecule has 2 aromatic rings. The van der Waals surface area contributed by atoms with Gasteiger partial charge in [0.15, 0.2) is 11.5 Å². The van der Waals surface area contributed by atoms with Gasteiger partial charge in [0.1, 0.15) is 0 Å². The lowest BCUT2D eigenvalue weighted by atomic mass is 9.96. The van der Waals surface area contributed by atoms with E-state index in [1.807, 2.05) is 29.5 Å². The minimum Gasteiger partial charge on any atom is -0.454 e. The highest BCUT2D eigenvalue weighted by Crippen LogP contribution is 2.48. The van der Waals surface area contributed by atoms with Crippen molar-refractivity contribution in [3.63, 3.8) is 0 Å². The number of carbonyl (C=O) groups excluding carboxylic acids is 1. The molecule has 0 radical (unpaired) electrons. The van der Waals surface area contributed by atoms with Crippen LogP contribution in [0.5, 0.6) is 11.5 Å². The Balaban J connectivity index is 1.29. The molecule has 1 N–H and O–H groups in total. The number of thiophene rings is 1. The fourth-order valence-electron chi connectivity index (χ4n) is 3.90. The number of benzene rings is 1. The second kappa shape index (κ2) is 6.04. The molecule has 0 unspecified atom stereocenters. The van der Waals surface area contributed by atoms with Crippen LogP contribution in [-0.4, -0.2) is 30.7 Å². The summed E-state index contributed by atoms with van der Waals surface area (Å²) in [4.78, 5) is 16.5. The maximum atomic E-state index is 12.6. The van der Waals surface area contributed by atoms with Crippen LogP contribution >= 0.6 is 11.3 Å². The zero-order valence-corrected chi connectivity index (χ0v) is 14.7. The molecule has 2 aliphatic heterocycles. The highest BCUT2D eigenvalue weighted by molar-refractivity contribution is 7.10. The predicted molar refractivity (Wildman–Crippen MR) is 96.3 cm³/mol. The molecule has 130 valence electrons. The van der Waals surface area contributed by atoms with Crippen molar-refractivity contribution in [2.24, 2.45) is 5.92 Å². The van der Waals surface area contributed by atoms with Crippen LogP contribution in [0.25, 0.3) is 0 Å². The lowest BCUT2D eigenvalue weighted by Gasteiger charge is -2.35. The lowest BCUT2D eigenvalue weighted by Crippen LogP contribution is -2.41. The number of nitrogens with zero attached hydrogens (tertiary/aromatic N) is 1. The van der Waals surface area contributed by atoms with E-state index >= 15 is 0 Å². The van der Waals surface area contributed by atoms with Crippen molar-refractivity contribution >= 4 is 22.9 Å². The summed E-state index contributed by atoms with van der Waals surface area (Å²) in [6.07, 6.45) is 3.61. The standard InChI is InChI=1S/C19H20N2O3S/c22-18(20-13-3-4-15-16(9-13)24-11-23-15)10-21-7-5-17-14(6-8-25-17)19(21)12-1-2-12/h3-4,6,8-9,12,19H,1-2,5,7,10-11H2,(H,20,22)/t19-/m1/s1. The molecule has 1 aromatic carbocycles. The van der Waals surface area contributed by atoms with E-state index in [2.05, 4.69) is 21.7 Å². The van der Waals surface area contributed by atoms with Gasteiger partial charge < -0.3 is 14.8 Å². The van der Waals surface area contributed by atoms with Crippen LogP contribution in [0.15, 0.2) is 29.6 Å². The highest BCUT2D eigenvalue weighted by atomic mass is 32.1. The summed E-state index contributed by atoms with van der Waals surface area (Å²) in [5, 5.41) is 5.19. The van der Waals surface area contributed by atoms with Crippen LogP contribution in [0.2, 0.25) is 0 Å². The van der Waals surface area contributed by atoms with Gasteiger partial charge in [-0.05, 0) is 54.3 Å². The second-order valence-electron chi connectivity index (χ2n) is 6.92. The molecular weight excluding hydrogens is 336 g/mol. The quantitative estimate of drug-likeness (QED) is 0.912. The number of anilines is 1. The summed E-state index contributed by atoms with van der Waals surface area (Å²) in [5.74, 6) is 2.16. The Morgan fingerprint density at radius 3 is 3.00 bits per heavy atom. The van der Waals surface area contributed by atoms with Crippen molar-refractivity contribution in [3.8, 4) is 11.5 Å². The Hall–Kier alpha value is -2.05. The van der Waals surface area contributed by atoms with Gasteiger partial charge in [0.2, 0.25) is 12.7 Å². The molecule has 1 saturated carbocycles. The summed E-state index contributed by atoms with van der Waals surface area (Å²) in [5.41, 5.74) is 2.21. The number of rotatable bonds is 4. The molecule has 0 bridgehead atoms. The van der Waals surface area contributed by atoms with E-state index in [4.69, 9.17) is 9.47 Å². The zero-order valence-electron chi connectivity index (χ0n) is 13.9. The average molecular weight is 356 g/mol. The summed E-state index contributed by atoms with van der Waals surface area (Å²) >= 11 is 1.86. The Morgan fingerprint density at radius 1 is 1.24 bits per heavy atom. The first-order valence-corrected chi connectivity index (χ1v) is 9.66. The molecule has 0 saturated heterocycles. The van der Waals surface area contributed by atoms with E-state index < -0.39 is 0 Å². The van der Waals surface area contributed by atoms with Gasteiger partial charge in [0.25, 0.3) is 0 Å². The third kappa shape index (κ3) is 2.89. The molecule has 25 heavy (non-hydrogen) atoms. The molecule has 1 aromatic heterocycles. The van der Waals surface area contributed by atoms with Crippen LogP contribution < -0.4 is 14.8 Å².